The van der Waals surface area contributed by atoms with Gasteiger partial charge < -0.3 is 8.98 Å². The number of furan rings is 1. The maximum absolute atomic E-state index is 6.92. The molecule has 3 aromatic heterocycles. The minimum absolute atomic E-state index is 0.889. The number of rotatable bonds is 4. The van der Waals surface area contributed by atoms with Crippen LogP contribution in [0.5, 0.6) is 0 Å². The van der Waals surface area contributed by atoms with Gasteiger partial charge in [0.15, 0.2) is 0 Å². The molecule has 0 spiro atoms. The number of para-hydroxylation sites is 1. The topological polar surface area (TPSA) is 31.0 Å². The lowest BCUT2D eigenvalue weighted by Gasteiger charge is -2.10. The highest BCUT2D eigenvalue weighted by atomic mass is 16.3. The Kier molecular flexibility index (Phi) is 5.50. The van der Waals surface area contributed by atoms with Gasteiger partial charge in [-0.15, -0.1) is 0 Å². The summed E-state index contributed by atoms with van der Waals surface area (Å²) in [5.74, 6) is 0.889. The molecular weight excluding hydrogens is 536 g/mol. The maximum atomic E-state index is 6.92. The molecule has 3 heteroatoms. The Hall–Kier alpha value is -5.93. The van der Waals surface area contributed by atoms with E-state index >= 15 is 0 Å². The molecule has 0 atom stereocenters. The van der Waals surface area contributed by atoms with Crippen molar-refractivity contribution in [3.05, 3.63) is 158 Å². The summed E-state index contributed by atoms with van der Waals surface area (Å²) in [5.41, 5.74) is 9.60. The van der Waals surface area contributed by atoms with Gasteiger partial charge in [0.1, 0.15) is 11.3 Å². The zero-order chi connectivity index (χ0) is 29.0. The molecule has 9 aromatic rings. The third-order valence-electron chi connectivity index (χ3n) is 8.62. The van der Waals surface area contributed by atoms with Crippen LogP contribution in [0.25, 0.3) is 82.9 Å². The minimum Gasteiger partial charge on any atom is -0.455 e. The summed E-state index contributed by atoms with van der Waals surface area (Å²) < 4.78 is 9.27. The predicted molar refractivity (Wildman–Crippen MR) is 182 cm³/mol. The van der Waals surface area contributed by atoms with Crippen molar-refractivity contribution in [2.75, 3.05) is 0 Å². The minimum atomic E-state index is 0.889. The van der Waals surface area contributed by atoms with Crippen molar-refractivity contribution < 1.29 is 4.42 Å². The molecule has 0 N–H and O–H groups in total. The van der Waals surface area contributed by atoms with Crippen LogP contribution < -0.4 is 0 Å². The second kappa shape index (κ2) is 9.82. The van der Waals surface area contributed by atoms with E-state index in [4.69, 9.17) is 9.40 Å². The molecule has 0 aliphatic carbocycles. The molecule has 6 aromatic carbocycles. The van der Waals surface area contributed by atoms with Gasteiger partial charge in [0, 0.05) is 44.7 Å². The lowest BCUT2D eigenvalue weighted by molar-refractivity contribution is 0.636. The van der Waals surface area contributed by atoms with Gasteiger partial charge in [-0.3, -0.25) is 4.98 Å². The van der Waals surface area contributed by atoms with Crippen LogP contribution in [0.4, 0.5) is 0 Å². The molecule has 3 heterocycles. The van der Waals surface area contributed by atoms with Crippen molar-refractivity contribution in [3.8, 4) is 39.4 Å². The van der Waals surface area contributed by atoms with E-state index in [2.05, 4.69) is 144 Å². The highest BCUT2D eigenvalue weighted by Gasteiger charge is 2.23. The molecule has 44 heavy (non-hydrogen) atoms. The van der Waals surface area contributed by atoms with Crippen molar-refractivity contribution in [1.29, 1.82) is 0 Å². The van der Waals surface area contributed by atoms with Crippen LogP contribution in [0.2, 0.25) is 0 Å². The number of hydrogen-bond donors (Lipinski definition) is 0. The Balaban J connectivity index is 1.32. The van der Waals surface area contributed by atoms with Gasteiger partial charge in [-0.1, -0.05) is 115 Å². The van der Waals surface area contributed by atoms with Gasteiger partial charge in [0.25, 0.3) is 0 Å². The third kappa shape index (κ3) is 3.80. The Morgan fingerprint density at radius 1 is 0.500 bits per heavy atom. The summed E-state index contributed by atoms with van der Waals surface area (Å²) in [5, 5.41) is 5.71. The molecule has 0 amide bonds. The average Bonchev–Trinajstić information content (AvgIpc) is 3.65. The van der Waals surface area contributed by atoms with Crippen LogP contribution in [-0.4, -0.2) is 9.55 Å². The summed E-state index contributed by atoms with van der Waals surface area (Å²) in [4.78, 5) is 4.81. The summed E-state index contributed by atoms with van der Waals surface area (Å²) in [6.45, 7) is 0. The standard InChI is InChI=1S/C41H26N2O/c1-3-12-27(13-4-1)38-34-22-23-37-39(41(34)44-40(38)28-14-5-2-6-15-28)33-20-9-10-21-36(33)43(37)32-19-11-18-30(24-32)35-25-29-16-7-8-17-31(29)26-42-35/h1-26H. The predicted octanol–water partition coefficient (Wildman–Crippen LogP) is 11.1. The molecule has 3 nitrogen and oxygen atoms in total. The van der Waals surface area contributed by atoms with Crippen LogP contribution in [0, 0.1) is 0 Å². The molecule has 206 valence electrons. The van der Waals surface area contributed by atoms with Crippen molar-refractivity contribution in [2.45, 2.75) is 0 Å². The van der Waals surface area contributed by atoms with Crippen molar-refractivity contribution in [2.24, 2.45) is 0 Å². The van der Waals surface area contributed by atoms with E-state index in [9.17, 15) is 0 Å². The second-order valence-electron chi connectivity index (χ2n) is 11.2. The van der Waals surface area contributed by atoms with E-state index in [1.165, 1.54) is 5.39 Å². The highest BCUT2D eigenvalue weighted by Crippen LogP contribution is 2.46. The molecule has 9 rings (SSSR count). The molecule has 0 saturated heterocycles. The van der Waals surface area contributed by atoms with Gasteiger partial charge in [-0.05, 0) is 47.3 Å². The zero-order valence-electron chi connectivity index (χ0n) is 23.8. The monoisotopic (exact) mass is 562 g/mol. The van der Waals surface area contributed by atoms with Crippen molar-refractivity contribution in [1.82, 2.24) is 9.55 Å². The van der Waals surface area contributed by atoms with Gasteiger partial charge in [-0.25, -0.2) is 0 Å². The summed E-state index contributed by atoms with van der Waals surface area (Å²) in [6.07, 6.45) is 1.96. The second-order valence-corrected chi connectivity index (χ2v) is 11.2. The smallest absolute Gasteiger partial charge is 0.145 e. The van der Waals surface area contributed by atoms with Crippen LogP contribution >= 0.6 is 0 Å². The first-order valence-corrected chi connectivity index (χ1v) is 14.9. The van der Waals surface area contributed by atoms with E-state index in [0.29, 0.717) is 0 Å². The summed E-state index contributed by atoms with van der Waals surface area (Å²) in [7, 11) is 0. The first-order chi connectivity index (χ1) is 21.8. The largest absolute Gasteiger partial charge is 0.455 e. The summed E-state index contributed by atoms with van der Waals surface area (Å²) >= 11 is 0. The van der Waals surface area contributed by atoms with Crippen molar-refractivity contribution >= 4 is 43.5 Å². The fourth-order valence-electron chi connectivity index (χ4n) is 6.62. The van der Waals surface area contributed by atoms with E-state index in [0.717, 1.165) is 77.6 Å². The molecule has 0 radical (unpaired) electrons. The quantitative estimate of drug-likeness (QED) is 0.214. The zero-order valence-corrected chi connectivity index (χ0v) is 23.8. The van der Waals surface area contributed by atoms with Crippen LogP contribution in [0.1, 0.15) is 0 Å². The molecule has 0 bridgehead atoms. The highest BCUT2D eigenvalue weighted by molar-refractivity contribution is 6.22. The first-order valence-electron chi connectivity index (χ1n) is 14.9. The van der Waals surface area contributed by atoms with E-state index in [-0.39, 0.29) is 0 Å². The lowest BCUT2D eigenvalue weighted by atomic mass is 9.98. The number of benzene rings is 6. The van der Waals surface area contributed by atoms with Crippen LogP contribution in [0.15, 0.2) is 162 Å². The first kappa shape index (κ1) is 24.6. The van der Waals surface area contributed by atoms with E-state index < -0.39 is 0 Å². The third-order valence-corrected chi connectivity index (χ3v) is 8.62. The van der Waals surface area contributed by atoms with Gasteiger partial charge in [0.2, 0.25) is 0 Å². The number of fused-ring (bicyclic) bond motifs is 6. The lowest BCUT2D eigenvalue weighted by Crippen LogP contribution is -1.94. The molecule has 0 aliphatic rings. The van der Waals surface area contributed by atoms with Gasteiger partial charge >= 0.3 is 0 Å². The Bertz CT molecular complexity index is 2490. The van der Waals surface area contributed by atoms with Crippen LogP contribution in [0.3, 0.4) is 0 Å². The average molecular weight is 563 g/mol. The Morgan fingerprint density at radius 3 is 2.05 bits per heavy atom. The molecular formula is C41H26N2O. The number of nitrogens with zero attached hydrogens (tertiary/aromatic N) is 2. The van der Waals surface area contributed by atoms with Crippen molar-refractivity contribution in [3.63, 3.8) is 0 Å². The normalized spacial score (nSPS) is 11.6. The number of hydrogen-bond acceptors (Lipinski definition) is 2. The SMILES string of the molecule is c1ccc(-c2oc3c(ccc4c3c3ccccc3n4-c3cccc(-c4cc5ccccc5cn4)c3)c2-c2ccccc2)cc1. The van der Waals surface area contributed by atoms with Gasteiger partial charge in [-0.2, -0.15) is 0 Å². The van der Waals surface area contributed by atoms with E-state index in [1.54, 1.807) is 0 Å². The molecule has 0 unspecified atom stereocenters. The number of pyridine rings is 1. The molecule has 0 saturated carbocycles. The fourth-order valence-corrected chi connectivity index (χ4v) is 6.62. The van der Waals surface area contributed by atoms with Gasteiger partial charge in [0.05, 0.1) is 22.1 Å². The molecule has 0 fully saturated rings. The Labute approximate surface area is 254 Å². The van der Waals surface area contributed by atoms with Crippen LogP contribution in [-0.2, 0) is 0 Å². The Morgan fingerprint density at radius 2 is 1.20 bits per heavy atom. The number of aromatic nitrogens is 2. The fraction of sp³-hybridized carbons (Fsp3) is 0. The molecule has 0 aliphatic heterocycles. The van der Waals surface area contributed by atoms with E-state index in [1.807, 2.05) is 18.3 Å². The maximum Gasteiger partial charge on any atom is 0.145 e. The summed E-state index contributed by atoms with van der Waals surface area (Å²) in [6, 6.07) is 53.3.